The Labute approximate surface area is 372 Å². The van der Waals surface area contributed by atoms with Crippen LogP contribution in [0.25, 0.3) is 0 Å². The highest BCUT2D eigenvalue weighted by Gasteiger charge is 2.70. The van der Waals surface area contributed by atoms with E-state index in [9.17, 15) is 28.8 Å². The molecule has 0 heterocycles. The summed E-state index contributed by atoms with van der Waals surface area (Å²) in [5, 5.41) is 49.1. The number of sulfonamides is 1. The number of benzene rings is 2. The topological polar surface area (TPSA) is 157 Å². The van der Waals surface area contributed by atoms with Crippen LogP contribution < -0.4 is 10.1 Å². The van der Waals surface area contributed by atoms with E-state index >= 15 is 4.79 Å². The van der Waals surface area contributed by atoms with E-state index in [1.165, 1.54) is 29.1 Å². The van der Waals surface area contributed by atoms with Crippen LogP contribution in [0, 0.1) is 62.6 Å². The molecule has 0 saturated heterocycles. The number of hydrogen-bond acceptors (Lipinski definition) is 8. The van der Waals surface area contributed by atoms with Crippen LogP contribution >= 0.6 is 0 Å². The Morgan fingerprint density at radius 2 is 1.60 bits per heavy atom. The van der Waals surface area contributed by atoms with Crippen LogP contribution in [0.4, 0.5) is 0 Å². The molecule has 2 aromatic rings. The number of fused-ring (bicyclic) bond motifs is 7. The van der Waals surface area contributed by atoms with Gasteiger partial charge in [-0.1, -0.05) is 97.4 Å². The first-order valence-corrected chi connectivity index (χ1v) is 24.9. The molecular weight excluding hydrogens is 801 g/mol. The van der Waals surface area contributed by atoms with Gasteiger partial charge in [0.15, 0.2) is 0 Å². The van der Waals surface area contributed by atoms with Crippen LogP contribution in [0.3, 0.4) is 0 Å². The van der Waals surface area contributed by atoms with Crippen LogP contribution in [-0.4, -0.2) is 90.2 Å². The van der Waals surface area contributed by atoms with Gasteiger partial charge in [-0.15, -0.1) is 0 Å². The lowest BCUT2D eigenvalue weighted by molar-refractivity contribution is -0.243. The molecular formula is C51H76N2O8S. The summed E-state index contributed by atoms with van der Waals surface area (Å²) < 4.78 is 35.1. The molecule has 4 fully saturated rings. The second-order valence-corrected chi connectivity index (χ2v) is 23.8. The number of aliphatic hydroxyl groups excluding tert-OH is 4. The largest absolute Gasteiger partial charge is 0.497 e. The number of carbonyl (C=O) groups is 1. The van der Waals surface area contributed by atoms with Crippen molar-refractivity contribution < 1.29 is 38.4 Å². The zero-order valence-electron chi connectivity index (χ0n) is 38.8. The Hall–Kier alpha value is -2.80. The van der Waals surface area contributed by atoms with Crippen molar-refractivity contribution in [2.75, 3.05) is 26.8 Å². The fraction of sp³-hybridized carbons (Fsp3) is 0.706. The van der Waals surface area contributed by atoms with E-state index in [1.54, 1.807) is 12.1 Å². The number of amides is 1. The highest BCUT2D eigenvalue weighted by atomic mass is 32.2. The molecule has 5 aliphatic carbocycles. The summed E-state index contributed by atoms with van der Waals surface area (Å²) in [5.74, 6) is 1.38. The molecule has 10 nitrogen and oxygen atoms in total. The van der Waals surface area contributed by atoms with E-state index in [1.807, 2.05) is 51.1 Å². The molecule has 4 saturated carbocycles. The number of methoxy groups -OCH3 is 1. The van der Waals surface area contributed by atoms with Gasteiger partial charge in [0, 0.05) is 18.5 Å². The van der Waals surface area contributed by atoms with Gasteiger partial charge in [0.2, 0.25) is 15.9 Å². The lowest BCUT2D eigenvalue weighted by Crippen LogP contribution is -2.68. The Kier molecular flexibility index (Phi) is 13.1. The van der Waals surface area contributed by atoms with Crippen molar-refractivity contribution in [2.24, 2.45) is 62.6 Å². The third-order valence-corrected chi connectivity index (χ3v) is 20.1. The second kappa shape index (κ2) is 17.2. The average molecular weight is 877 g/mol. The summed E-state index contributed by atoms with van der Waals surface area (Å²) in [4.78, 5) is 15.7. The average Bonchev–Trinajstić information content (AvgIpc) is 3.24. The zero-order chi connectivity index (χ0) is 45.2. The summed E-state index contributed by atoms with van der Waals surface area (Å²) in [5.41, 5.74) is 0.186. The number of ether oxygens (including phenoxy) is 1. The van der Waals surface area contributed by atoms with E-state index in [-0.39, 0.29) is 76.3 Å². The normalized spacial score (nSPS) is 39.1. The molecule has 0 aliphatic heterocycles. The quantitative estimate of drug-likeness (QED) is 0.131. The van der Waals surface area contributed by atoms with Crippen molar-refractivity contribution in [1.29, 1.82) is 0 Å². The van der Waals surface area contributed by atoms with Crippen molar-refractivity contribution in [3.63, 3.8) is 0 Å². The fourth-order valence-electron chi connectivity index (χ4n) is 14.4. The molecule has 0 unspecified atom stereocenters. The van der Waals surface area contributed by atoms with E-state index in [2.05, 4.69) is 46.0 Å². The fourth-order valence-corrected chi connectivity index (χ4v) is 16.0. The van der Waals surface area contributed by atoms with Gasteiger partial charge in [-0.25, -0.2) is 8.42 Å². The lowest BCUT2D eigenvalue weighted by Gasteiger charge is -2.72. The maximum Gasteiger partial charge on any atom is 0.243 e. The molecule has 0 spiro atoms. The number of aliphatic hydroxyl groups is 4. The van der Waals surface area contributed by atoms with Crippen molar-refractivity contribution in [3.8, 4) is 5.75 Å². The van der Waals surface area contributed by atoms with E-state index in [0.29, 0.717) is 30.9 Å². The third-order valence-electron chi connectivity index (χ3n) is 18.3. The molecule has 0 aromatic heterocycles. The Morgan fingerprint density at radius 1 is 0.919 bits per heavy atom. The Balaban J connectivity index is 1.23. The van der Waals surface area contributed by atoms with Gasteiger partial charge >= 0.3 is 0 Å². The summed E-state index contributed by atoms with van der Waals surface area (Å²) in [6.07, 6.45) is 6.03. The molecule has 62 heavy (non-hydrogen) atoms. The van der Waals surface area contributed by atoms with Crippen molar-refractivity contribution in [2.45, 2.75) is 142 Å². The number of carbonyl (C=O) groups excluding carboxylic acids is 1. The van der Waals surface area contributed by atoms with Crippen molar-refractivity contribution in [3.05, 3.63) is 71.8 Å². The Bertz CT molecular complexity index is 2060. The molecule has 14 atom stereocenters. The van der Waals surface area contributed by atoms with Crippen molar-refractivity contribution >= 4 is 15.9 Å². The number of hydrogen-bond donors (Lipinski definition) is 5. The SMILES string of the molecule is COc1ccc(S(=O)(=O)N(CC(C)C)C[C@@H](O)[C@H](Cc2ccccc2)NC(=O)[C@]23CC[C@@H](C)[C@H](C)[C@H]2C2=CC[C@@H]4[C@@]5(C)C[C@@H](O)[C@H](O)[C@@](C)(CO)[C@@H]5CC[C@@]4(C)[C@]2(C)CC3)cc1. The first-order chi connectivity index (χ1) is 29.1. The molecule has 5 N–H and O–H groups in total. The first kappa shape index (κ1) is 47.2. The first-order valence-electron chi connectivity index (χ1n) is 23.5. The van der Waals surface area contributed by atoms with Crippen LogP contribution in [0.5, 0.6) is 5.75 Å². The van der Waals surface area contributed by atoms with Gasteiger partial charge in [0.05, 0.1) is 48.4 Å². The van der Waals surface area contributed by atoms with E-state index in [4.69, 9.17) is 4.74 Å². The minimum Gasteiger partial charge on any atom is -0.497 e. The molecule has 7 rings (SSSR count). The van der Waals surface area contributed by atoms with Crippen molar-refractivity contribution in [1.82, 2.24) is 9.62 Å². The van der Waals surface area contributed by atoms with Crippen LogP contribution in [0.15, 0.2) is 71.1 Å². The maximum absolute atomic E-state index is 15.5. The highest BCUT2D eigenvalue weighted by molar-refractivity contribution is 7.89. The van der Waals surface area contributed by atoms with Crippen LogP contribution in [-0.2, 0) is 21.2 Å². The molecule has 0 bridgehead atoms. The minimum absolute atomic E-state index is 0.0165. The predicted molar refractivity (Wildman–Crippen MR) is 242 cm³/mol. The third kappa shape index (κ3) is 7.60. The maximum atomic E-state index is 15.5. The molecule has 344 valence electrons. The van der Waals surface area contributed by atoms with Gasteiger partial charge in [0.1, 0.15) is 5.75 Å². The van der Waals surface area contributed by atoms with Gasteiger partial charge in [-0.05, 0) is 139 Å². The Morgan fingerprint density at radius 3 is 2.23 bits per heavy atom. The van der Waals surface area contributed by atoms with Gasteiger partial charge in [0.25, 0.3) is 0 Å². The number of nitrogens with one attached hydrogen (secondary N) is 1. The number of nitrogens with zero attached hydrogens (tertiary/aromatic N) is 1. The predicted octanol–water partition coefficient (Wildman–Crippen LogP) is 7.39. The lowest BCUT2D eigenvalue weighted by atomic mass is 9.33. The number of allylic oxidation sites excluding steroid dienone is 2. The summed E-state index contributed by atoms with van der Waals surface area (Å²) in [7, 11) is -2.47. The standard InChI is InChI=1S/C51H76N2O8S/c1-32(2)29-53(62(59,60)37-17-15-36(61-9)16-18-37)30-41(56)39(27-35-13-11-10-12-14-35)52-46(58)51-24-21-33(3)34(4)44(51)38-19-20-43-47(5)28-40(55)45(57)48(6,31-54)42(47)22-23-50(43,8)49(38,7)25-26-51/h10-19,32-34,39-45,54-57H,20-31H2,1-9H3,(H,52,58)/t33-,34+,39+,40-,41-,42-,43-,44+,45+,47+,48+,49-,50-,51+/m1/s1. The highest BCUT2D eigenvalue weighted by Crippen LogP contribution is 2.75. The van der Waals surface area contributed by atoms with E-state index in [0.717, 1.165) is 44.1 Å². The van der Waals surface area contributed by atoms with Crippen LogP contribution in [0.2, 0.25) is 0 Å². The smallest absolute Gasteiger partial charge is 0.243 e. The van der Waals surface area contributed by atoms with Crippen LogP contribution in [0.1, 0.15) is 112 Å². The molecule has 0 radical (unpaired) electrons. The minimum atomic E-state index is -4.01. The zero-order valence-corrected chi connectivity index (χ0v) is 39.6. The summed E-state index contributed by atoms with van der Waals surface area (Å²) in [6.45, 7) is 17.6. The van der Waals surface area contributed by atoms with Gasteiger partial charge < -0.3 is 30.5 Å². The molecule has 5 aliphatic rings. The molecule has 11 heteroatoms. The second-order valence-electron chi connectivity index (χ2n) is 21.9. The monoisotopic (exact) mass is 877 g/mol. The van der Waals surface area contributed by atoms with Gasteiger partial charge in [-0.2, -0.15) is 4.31 Å². The number of rotatable bonds is 13. The van der Waals surface area contributed by atoms with Gasteiger partial charge in [-0.3, -0.25) is 4.79 Å². The summed E-state index contributed by atoms with van der Waals surface area (Å²) in [6, 6.07) is 15.3. The summed E-state index contributed by atoms with van der Waals surface area (Å²) >= 11 is 0. The van der Waals surface area contributed by atoms with E-state index < -0.39 is 45.2 Å². The molecule has 2 aromatic carbocycles. The molecule has 1 amide bonds.